The van der Waals surface area contributed by atoms with E-state index >= 15 is 0 Å². The maximum Gasteiger partial charge on any atom is 0.121 e. The van der Waals surface area contributed by atoms with Crippen molar-refractivity contribution in [3.05, 3.63) is 29.3 Å². The maximum absolute atomic E-state index is 5.72. The van der Waals surface area contributed by atoms with Crippen molar-refractivity contribution in [2.45, 2.75) is 19.6 Å². The number of morpholine rings is 1. The molecule has 1 unspecified atom stereocenters. The predicted molar refractivity (Wildman–Crippen MR) is 76.7 cm³/mol. The van der Waals surface area contributed by atoms with E-state index in [9.17, 15) is 0 Å². The molecule has 0 aliphatic carbocycles. The summed E-state index contributed by atoms with van der Waals surface area (Å²) in [5.74, 6) is 0.945. The molecule has 1 N–H and O–H groups in total. The number of benzene rings is 1. The molecule has 0 amide bonds. The first-order chi connectivity index (χ1) is 9.19. The molecule has 106 valence electrons. The standard InChI is InChI=1S/C15H24N2O2/c1-12-8-13(4-5-15(12)18-3)9-16-10-14-11-17(2)6-7-19-14/h4-5,8,14,16H,6-7,9-11H2,1-3H3. The van der Waals surface area contributed by atoms with Gasteiger partial charge in [-0.2, -0.15) is 0 Å². The van der Waals surface area contributed by atoms with Crippen LogP contribution in [0.4, 0.5) is 0 Å². The van der Waals surface area contributed by atoms with Crippen LogP contribution < -0.4 is 10.1 Å². The predicted octanol–water partition coefficient (Wildman–Crippen LogP) is 1.42. The molecule has 2 rings (SSSR count). The second kappa shape index (κ2) is 6.89. The van der Waals surface area contributed by atoms with E-state index in [1.165, 1.54) is 11.1 Å². The highest BCUT2D eigenvalue weighted by atomic mass is 16.5. The highest BCUT2D eigenvalue weighted by Crippen LogP contribution is 2.18. The summed E-state index contributed by atoms with van der Waals surface area (Å²) >= 11 is 0. The molecule has 4 nitrogen and oxygen atoms in total. The zero-order valence-electron chi connectivity index (χ0n) is 12.1. The Morgan fingerprint density at radius 2 is 2.32 bits per heavy atom. The van der Waals surface area contributed by atoms with Crippen LogP contribution in [0, 0.1) is 6.92 Å². The van der Waals surface area contributed by atoms with E-state index in [0.29, 0.717) is 6.10 Å². The molecule has 1 aliphatic heterocycles. The number of ether oxygens (including phenoxy) is 2. The first kappa shape index (κ1) is 14.3. The Hall–Kier alpha value is -1.10. The summed E-state index contributed by atoms with van der Waals surface area (Å²) in [6, 6.07) is 6.30. The number of rotatable bonds is 5. The lowest BCUT2D eigenvalue weighted by Gasteiger charge is -2.30. The summed E-state index contributed by atoms with van der Waals surface area (Å²) in [7, 11) is 3.85. The Morgan fingerprint density at radius 3 is 3.00 bits per heavy atom. The van der Waals surface area contributed by atoms with Crippen LogP contribution in [0.15, 0.2) is 18.2 Å². The number of hydrogen-bond acceptors (Lipinski definition) is 4. The van der Waals surface area contributed by atoms with Crippen LogP contribution in [0.1, 0.15) is 11.1 Å². The summed E-state index contributed by atoms with van der Waals surface area (Å²) in [5.41, 5.74) is 2.46. The zero-order valence-corrected chi connectivity index (χ0v) is 12.1. The van der Waals surface area contributed by atoms with Gasteiger partial charge in [-0.25, -0.2) is 0 Å². The number of aryl methyl sites for hydroxylation is 1. The highest BCUT2D eigenvalue weighted by Gasteiger charge is 2.16. The third-order valence-corrected chi connectivity index (χ3v) is 3.50. The quantitative estimate of drug-likeness (QED) is 0.872. The summed E-state index contributed by atoms with van der Waals surface area (Å²) < 4.78 is 11.0. The Labute approximate surface area is 115 Å². The molecule has 1 saturated heterocycles. The zero-order chi connectivity index (χ0) is 13.7. The van der Waals surface area contributed by atoms with E-state index in [4.69, 9.17) is 9.47 Å². The summed E-state index contributed by atoms with van der Waals surface area (Å²) in [5, 5.41) is 3.46. The fourth-order valence-electron chi connectivity index (χ4n) is 2.42. The van der Waals surface area contributed by atoms with Gasteiger partial charge in [-0.05, 0) is 31.2 Å². The molecule has 1 atom stereocenters. The van der Waals surface area contributed by atoms with Crippen LogP contribution in [0.25, 0.3) is 0 Å². The van der Waals surface area contributed by atoms with Gasteiger partial charge in [-0.1, -0.05) is 12.1 Å². The van der Waals surface area contributed by atoms with E-state index < -0.39 is 0 Å². The minimum atomic E-state index is 0.304. The van der Waals surface area contributed by atoms with Crippen molar-refractivity contribution < 1.29 is 9.47 Å². The van der Waals surface area contributed by atoms with E-state index in [2.05, 4.69) is 36.3 Å². The van der Waals surface area contributed by atoms with Crippen LogP contribution in [0.3, 0.4) is 0 Å². The van der Waals surface area contributed by atoms with Gasteiger partial charge in [-0.15, -0.1) is 0 Å². The van der Waals surface area contributed by atoms with Gasteiger partial charge in [0, 0.05) is 26.2 Å². The van der Waals surface area contributed by atoms with Crippen LogP contribution >= 0.6 is 0 Å². The Bertz CT molecular complexity index is 409. The fourth-order valence-corrected chi connectivity index (χ4v) is 2.42. The average molecular weight is 264 g/mol. The van der Waals surface area contributed by atoms with Crippen molar-refractivity contribution in [2.75, 3.05) is 40.4 Å². The van der Waals surface area contributed by atoms with E-state index in [1.807, 2.05) is 6.07 Å². The first-order valence-electron chi connectivity index (χ1n) is 6.83. The van der Waals surface area contributed by atoms with Crippen LogP contribution in [-0.4, -0.2) is 51.4 Å². The number of hydrogen-bond donors (Lipinski definition) is 1. The minimum Gasteiger partial charge on any atom is -0.496 e. The van der Waals surface area contributed by atoms with Gasteiger partial charge in [0.25, 0.3) is 0 Å². The smallest absolute Gasteiger partial charge is 0.121 e. The summed E-state index contributed by atoms with van der Waals surface area (Å²) in [6.07, 6.45) is 0.304. The van der Waals surface area contributed by atoms with Gasteiger partial charge >= 0.3 is 0 Å². The molecular formula is C15H24N2O2. The SMILES string of the molecule is COc1ccc(CNCC2CN(C)CCO2)cc1C. The Balaban J connectivity index is 1.77. The monoisotopic (exact) mass is 264 g/mol. The fraction of sp³-hybridized carbons (Fsp3) is 0.600. The van der Waals surface area contributed by atoms with Gasteiger partial charge in [0.05, 0.1) is 19.8 Å². The lowest BCUT2D eigenvalue weighted by molar-refractivity contribution is -0.0182. The van der Waals surface area contributed by atoms with Crippen molar-refractivity contribution in [2.24, 2.45) is 0 Å². The van der Waals surface area contributed by atoms with Crippen molar-refractivity contribution in [3.63, 3.8) is 0 Å². The molecule has 0 spiro atoms. The van der Waals surface area contributed by atoms with Crippen molar-refractivity contribution in [3.8, 4) is 5.75 Å². The largest absolute Gasteiger partial charge is 0.496 e. The topological polar surface area (TPSA) is 33.7 Å². The van der Waals surface area contributed by atoms with Gasteiger partial charge in [0.2, 0.25) is 0 Å². The maximum atomic E-state index is 5.72. The molecule has 1 aromatic carbocycles. The second-order valence-electron chi connectivity index (χ2n) is 5.19. The van der Waals surface area contributed by atoms with E-state index in [1.54, 1.807) is 7.11 Å². The molecule has 1 aromatic rings. The van der Waals surface area contributed by atoms with Crippen LogP contribution in [0.5, 0.6) is 5.75 Å². The molecule has 0 saturated carbocycles. The second-order valence-corrected chi connectivity index (χ2v) is 5.19. The normalized spacial score (nSPS) is 20.5. The molecule has 19 heavy (non-hydrogen) atoms. The molecule has 0 aromatic heterocycles. The van der Waals surface area contributed by atoms with Crippen molar-refractivity contribution in [1.82, 2.24) is 10.2 Å². The van der Waals surface area contributed by atoms with Gasteiger partial charge in [-0.3, -0.25) is 0 Å². The van der Waals surface area contributed by atoms with Crippen LogP contribution in [-0.2, 0) is 11.3 Å². The minimum absolute atomic E-state index is 0.304. The molecule has 1 fully saturated rings. The van der Waals surface area contributed by atoms with Gasteiger partial charge in [0.1, 0.15) is 5.75 Å². The summed E-state index contributed by atoms with van der Waals surface area (Å²) in [4.78, 5) is 2.31. The van der Waals surface area contributed by atoms with E-state index in [0.717, 1.165) is 38.5 Å². The molecular weight excluding hydrogens is 240 g/mol. The highest BCUT2D eigenvalue weighted by molar-refractivity contribution is 5.36. The van der Waals surface area contributed by atoms with E-state index in [-0.39, 0.29) is 0 Å². The average Bonchev–Trinajstić information content (AvgIpc) is 2.39. The summed E-state index contributed by atoms with van der Waals surface area (Å²) in [6.45, 7) is 6.72. The molecule has 0 bridgehead atoms. The first-order valence-corrected chi connectivity index (χ1v) is 6.83. The van der Waals surface area contributed by atoms with Gasteiger partial charge < -0.3 is 19.7 Å². The lowest BCUT2D eigenvalue weighted by Crippen LogP contribution is -2.44. The number of methoxy groups -OCH3 is 1. The Morgan fingerprint density at radius 1 is 1.47 bits per heavy atom. The van der Waals surface area contributed by atoms with Gasteiger partial charge in [0.15, 0.2) is 0 Å². The molecule has 0 radical (unpaired) electrons. The number of nitrogens with one attached hydrogen (secondary N) is 1. The molecule has 1 heterocycles. The molecule has 1 aliphatic rings. The van der Waals surface area contributed by atoms with Crippen LogP contribution in [0.2, 0.25) is 0 Å². The Kier molecular flexibility index (Phi) is 5.19. The lowest BCUT2D eigenvalue weighted by atomic mass is 10.1. The number of nitrogens with zero attached hydrogens (tertiary/aromatic N) is 1. The number of likely N-dealkylation sites (N-methyl/N-ethyl adjacent to an activating group) is 1. The van der Waals surface area contributed by atoms with Crippen molar-refractivity contribution in [1.29, 1.82) is 0 Å². The third-order valence-electron chi connectivity index (χ3n) is 3.50. The molecule has 4 heteroatoms. The third kappa shape index (κ3) is 4.20. The van der Waals surface area contributed by atoms with Crippen molar-refractivity contribution >= 4 is 0 Å².